The molecule has 0 radical (unpaired) electrons. The Bertz CT molecular complexity index is 334. The Labute approximate surface area is 94.7 Å². The third-order valence-electron chi connectivity index (χ3n) is 2.56. The van der Waals surface area contributed by atoms with Gasteiger partial charge in [-0.1, -0.05) is 44.0 Å². The van der Waals surface area contributed by atoms with Gasteiger partial charge in [-0.15, -0.1) is 0 Å². The average molecular weight is 233 g/mol. The summed E-state index contributed by atoms with van der Waals surface area (Å²) in [5, 5.41) is 10.6. The molecule has 1 aromatic carbocycles. The Morgan fingerprint density at radius 3 is 2.07 bits per heavy atom. The van der Waals surface area contributed by atoms with Crippen molar-refractivity contribution < 1.29 is 5.11 Å². The van der Waals surface area contributed by atoms with Crippen molar-refractivity contribution in [3.05, 3.63) is 27.7 Å². The zero-order valence-electron chi connectivity index (χ0n) is 8.51. The third-order valence-corrected chi connectivity index (χ3v) is 3.28. The molecule has 0 bridgehead atoms. The van der Waals surface area contributed by atoms with Crippen molar-refractivity contribution in [3.63, 3.8) is 0 Å². The smallest absolute Gasteiger partial charge is 0.120 e. The van der Waals surface area contributed by atoms with Crippen molar-refractivity contribution in [1.82, 2.24) is 0 Å². The van der Waals surface area contributed by atoms with E-state index in [1.54, 1.807) is 6.07 Å². The van der Waals surface area contributed by atoms with Gasteiger partial charge in [-0.25, -0.2) is 0 Å². The van der Waals surface area contributed by atoms with E-state index in [0.717, 1.165) is 5.56 Å². The average Bonchev–Trinajstić information content (AvgIpc) is 2.10. The van der Waals surface area contributed by atoms with Crippen LogP contribution < -0.4 is 0 Å². The van der Waals surface area contributed by atoms with Gasteiger partial charge in [0, 0.05) is 6.07 Å². The molecule has 14 heavy (non-hydrogen) atoms. The van der Waals surface area contributed by atoms with Crippen molar-refractivity contribution in [2.75, 3.05) is 0 Å². The molecule has 0 amide bonds. The molecule has 0 aliphatic heterocycles. The number of benzene rings is 1. The van der Waals surface area contributed by atoms with Crippen LogP contribution in [0.25, 0.3) is 0 Å². The van der Waals surface area contributed by atoms with E-state index in [-0.39, 0.29) is 11.7 Å². The molecule has 1 N–H and O–H groups in total. The molecule has 78 valence electrons. The summed E-state index contributed by atoms with van der Waals surface area (Å²) in [4.78, 5) is 0. The van der Waals surface area contributed by atoms with Crippen molar-refractivity contribution in [1.29, 1.82) is 0 Å². The zero-order valence-corrected chi connectivity index (χ0v) is 10.0. The largest absolute Gasteiger partial charge is 0.508 e. The summed E-state index contributed by atoms with van der Waals surface area (Å²) in [6.45, 7) is 6.27. The van der Waals surface area contributed by atoms with E-state index in [9.17, 15) is 5.11 Å². The maximum absolute atomic E-state index is 9.69. The summed E-state index contributed by atoms with van der Waals surface area (Å²) < 4.78 is 0. The molecule has 0 fully saturated rings. The normalized spacial score (nSPS) is 13.3. The number of hydrogen-bond acceptors (Lipinski definition) is 1. The van der Waals surface area contributed by atoms with Crippen molar-refractivity contribution in [2.45, 2.75) is 26.7 Å². The van der Waals surface area contributed by atoms with Crippen LogP contribution in [0.2, 0.25) is 10.0 Å². The summed E-state index contributed by atoms with van der Waals surface area (Å²) in [7, 11) is 0. The molecule has 0 spiro atoms. The number of aromatic hydroxyl groups is 1. The van der Waals surface area contributed by atoms with Gasteiger partial charge in [0.2, 0.25) is 0 Å². The topological polar surface area (TPSA) is 20.2 Å². The molecule has 1 atom stereocenters. The number of rotatable bonds is 2. The number of phenolic OH excluding ortho intramolecular Hbond substituents is 1. The minimum absolute atomic E-state index is 0.223. The molecule has 0 heterocycles. The summed E-state index contributed by atoms with van der Waals surface area (Å²) in [5.41, 5.74) is 0.856. The Kier molecular flexibility index (Phi) is 3.68. The van der Waals surface area contributed by atoms with E-state index in [1.165, 1.54) is 6.07 Å². The highest BCUT2D eigenvalue weighted by atomic mass is 35.5. The standard InChI is InChI=1S/C11H14Cl2O/c1-6(2)7(3)8-4-9(12)10(13)5-11(8)14/h4-7,14H,1-3H3. The van der Waals surface area contributed by atoms with Crippen LogP contribution >= 0.6 is 23.2 Å². The van der Waals surface area contributed by atoms with Gasteiger partial charge in [-0.3, -0.25) is 0 Å². The van der Waals surface area contributed by atoms with Crippen LogP contribution in [0.4, 0.5) is 0 Å². The summed E-state index contributed by atoms with van der Waals surface area (Å²) >= 11 is 11.7. The van der Waals surface area contributed by atoms with Crippen LogP contribution in [-0.2, 0) is 0 Å². The lowest BCUT2D eigenvalue weighted by Crippen LogP contribution is -2.02. The molecule has 1 rings (SSSR count). The highest BCUT2D eigenvalue weighted by Crippen LogP contribution is 2.36. The lowest BCUT2D eigenvalue weighted by atomic mass is 9.90. The summed E-state index contributed by atoms with van der Waals surface area (Å²) in [6, 6.07) is 3.24. The minimum atomic E-state index is 0.223. The summed E-state index contributed by atoms with van der Waals surface area (Å²) in [5.74, 6) is 0.948. The fourth-order valence-electron chi connectivity index (χ4n) is 1.28. The van der Waals surface area contributed by atoms with Crippen LogP contribution in [-0.4, -0.2) is 5.11 Å². The lowest BCUT2D eigenvalue weighted by molar-refractivity contribution is 0.446. The van der Waals surface area contributed by atoms with E-state index in [0.29, 0.717) is 16.0 Å². The maximum atomic E-state index is 9.69. The molecule has 1 aromatic rings. The SMILES string of the molecule is CC(C)C(C)c1cc(Cl)c(Cl)cc1O. The first kappa shape index (κ1) is 11.7. The van der Waals surface area contributed by atoms with Crippen LogP contribution in [0.1, 0.15) is 32.3 Å². The number of hydrogen-bond donors (Lipinski definition) is 1. The van der Waals surface area contributed by atoms with Crippen LogP contribution in [0, 0.1) is 5.92 Å². The van der Waals surface area contributed by atoms with E-state index in [4.69, 9.17) is 23.2 Å². The molecular formula is C11H14Cl2O. The van der Waals surface area contributed by atoms with Gasteiger partial charge in [0.25, 0.3) is 0 Å². The van der Waals surface area contributed by atoms with Gasteiger partial charge in [0.1, 0.15) is 5.75 Å². The first-order valence-corrected chi connectivity index (χ1v) is 5.37. The molecule has 1 nitrogen and oxygen atoms in total. The molecule has 3 heteroatoms. The van der Waals surface area contributed by atoms with E-state index < -0.39 is 0 Å². The second kappa shape index (κ2) is 4.41. The molecular weight excluding hydrogens is 219 g/mol. The van der Waals surface area contributed by atoms with Crippen LogP contribution in [0.3, 0.4) is 0 Å². The van der Waals surface area contributed by atoms with Crippen molar-refractivity contribution in [3.8, 4) is 5.75 Å². The monoisotopic (exact) mass is 232 g/mol. The fourth-order valence-corrected chi connectivity index (χ4v) is 1.61. The molecule has 1 unspecified atom stereocenters. The number of halogens is 2. The van der Waals surface area contributed by atoms with Crippen LogP contribution in [0.5, 0.6) is 5.75 Å². The Morgan fingerprint density at radius 2 is 1.57 bits per heavy atom. The first-order valence-electron chi connectivity index (χ1n) is 4.61. The van der Waals surface area contributed by atoms with E-state index >= 15 is 0 Å². The predicted molar refractivity (Wildman–Crippen MR) is 61.4 cm³/mol. The van der Waals surface area contributed by atoms with Crippen LogP contribution in [0.15, 0.2) is 12.1 Å². The van der Waals surface area contributed by atoms with Gasteiger partial charge < -0.3 is 5.11 Å². The van der Waals surface area contributed by atoms with E-state index in [1.807, 2.05) is 0 Å². The van der Waals surface area contributed by atoms with Gasteiger partial charge in [-0.05, 0) is 23.5 Å². The van der Waals surface area contributed by atoms with Gasteiger partial charge in [0.05, 0.1) is 10.0 Å². The Balaban J connectivity index is 3.15. The third kappa shape index (κ3) is 2.34. The second-order valence-electron chi connectivity index (χ2n) is 3.86. The Hall–Kier alpha value is -0.400. The number of phenols is 1. The van der Waals surface area contributed by atoms with Crippen molar-refractivity contribution in [2.24, 2.45) is 5.92 Å². The lowest BCUT2D eigenvalue weighted by Gasteiger charge is -2.17. The van der Waals surface area contributed by atoms with E-state index in [2.05, 4.69) is 20.8 Å². The highest BCUT2D eigenvalue weighted by molar-refractivity contribution is 6.42. The van der Waals surface area contributed by atoms with Gasteiger partial charge in [-0.2, -0.15) is 0 Å². The predicted octanol–water partition coefficient (Wildman–Crippen LogP) is 4.46. The highest BCUT2D eigenvalue weighted by Gasteiger charge is 2.15. The fraction of sp³-hybridized carbons (Fsp3) is 0.455. The summed E-state index contributed by atoms with van der Waals surface area (Å²) in [6.07, 6.45) is 0. The quantitative estimate of drug-likeness (QED) is 0.799. The zero-order chi connectivity index (χ0) is 10.9. The molecule has 0 aliphatic carbocycles. The molecule has 0 aromatic heterocycles. The van der Waals surface area contributed by atoms with Gasteiger partial charge >= 0.3 is 0 Å². The Morgan fingerprint density at radius 1 is 1.07 bits per heavy atom. The van der Waals surface area contributed by atoms with Gasteiger partial charge in [0.15, 0.2) is 0 Å². The molecule has 0 aliphatic rings. The minimum Gasteiger partial charge on any atom is -0.508 e. The maximum Gasteiger partial charge on any atom is 0.120 e. The molecule has 0 saturated carbocycles. The second-order valence-corrected chi connectivity index (χ2v) is 4.67. The van der Waals surface area contributed by atoms with Crippen molar-refractivity contribution >= 4 is 23.2 Å². The molecule has 0 saturated heterocycles. The first-order chi connectivity index (χ1) is 6.43.